The minimum Gasteiger partial charge on any atom is -0.384 e. The summed E-state index contributed by atoms with van der Waals surface area (Å²) in [5.41, 5.74) is 7.95. The molecular formula is C14H16ClN3. The van der Waals surface area contributed by atoms with Gasteiger partial charge in [-0.05, 0) is 37.8 Å². The summed E-state index contributed by atoms with van der Waals surface area (Å²) in [5, 5.41) is 5.33. The molecule has 0 radical (unpaired) electrons. The monoisotopic (exact) mass is 261 g/mol. The largest absolute Gasteiger partial charge is 0.384 e. The zero-order valence-electron chi connectivity index (χ0n) is 10.3. The van der Waals surface area contributed by atoms with E-state index in [0.717, 1.165) is 28.0 Å². The molecule has 0 saturated heterocycles. The predicted molar refractivity (Wildman–Crippen MR) is 74.5 cm³/mol. The normalized spacial score (nSPS) is 16.8. The van der Waals surface area contributed by atoms with Gasteiger partial charge in [0.2, 0.25) is 0 Å². The third-order valence-corrected chi connectivity index (χ3v) is 3.81. The van der Waals surface area contributed by atoms with Crippen LogP contribution in [0.1, 0.15) is 25.8 Å². The number of aromatic nitrogens is 2. The van der Waals surface area contributed by atoms with Gasteiger partial charge in [-0.3, -0.25) is 0 Å². The zero-order valence-corrected chi connectivity index (χ0v) is 11.1. The first kappa shape index (κ1) is 11.6. The van der Waals surface area contributed by atoms with Gasteiger partial charge in [-0.25, -0.2) is 4.68 Å². The number of anilines is 1. The summed E-state index contributed by atoms with van der Waals surface area (Å²) in [6.45, 7) is 2.18. The summed E-state index contributed by atoms with van der Waals surface area (Å²) in [7, 11) is 0. The fraction of sp³-hybridized carbons (Fsp3) is 0.357. The molecule has 0 aliphatic heterocycles. The minimum atomic E-state index is 0.387. The standard InChI is InChI=1S/C14H16ClN3/c1-9(10-5-6-10)18-14(16)8-13(17-18)11-3-2-4-12(15)7-11/h2-4,7-10H,5-6,16H2,1H3. The van der Waals surface area contributed by atoms with E-state index in [-0.39, 0.29) is 0 Å². The highest BCUT2D eigenvalue weighted by Crippen LogP contribution is 2.40. The molecule has 0 bridgehead atoms. The lowest BCUT2D eigenvalue weighted by molar-refractivity contribution is 0.447. The molecule has 2 N–H and O–H groups in total. The maximum absolute atomic E-state index is 6.05. The van der Waals surface area contributed by atoms with Crippen LogP contribution in [-0.4, -0.2) is 9.78 Å². The van der Waals surface area contributed by atoms with E-state index < -0.39 is 0 Å². The van der Waals surface area contributed by atoms with E-state index in [0.29, 0.717) is 6.04 Å². The number of nitrogens with two attached hydrogens (primary N) is 1. The van der Waals surface area contributed by atoms with Crippen LogP contribution in [0.15, 0.2) is 30.3 Å². The number of nitrogen functional groups attached to an aromatic ring is 1. The molecule has 1 aliphatic carbocycles. The first-order valence-electron chi connectivity index (χ1n) is 6.26. The maximum atomic E-state index is 6.05. The summed E-state index contributed by atoms with van der Waals surface area (Å²) >= 11 is 6.00. The van der Waals surface area contributed by atoms with Crippen molar-refractivity contribution in [1.82, 2.24) is 9.78 Å². The number of hydrogen-bond acceptors (Lipinski definition) is 2. The van der Waals surface area contributed by atoms with Gasteiger partial charge in [0.15, 0.2) is 0 Å². The summed E-state index contributed by atoms with van der Waals surface area (Å²) in [4.78, 5) is 0. The fourth-order valence-electron chi connectivity index (χ4n) is 2.30. The molecule has 3 nitrogen and oxygen atoms in total. The third-order valence-electron chi connectivity index (χ3n) is 3.57. The van der Waals surface area contributed by atoms with Crippen molar-refractivity contribution in [2.45, 2.75) is 25.8 Å². The van der Waals surface area contributed by atoms with E-state index in [9.17, 15) is 0 Å². The molecule has 1 heterocycles. The van der Waals surface area contributed by atoms with Crippen LogP contribution in [0.4, 0.5) is 5.82 Å². The van der Waals surface area contributed by atoms with E-state index >= 15 is 0 Å². The Morgan fingerprint density at radius 1 is 1.39 bits per heavy atom. The lowest BCUT2D eigenvalue weighted by Crippen LogP contribution is -2.11. The molecule has 1 atom stereocenters. The van der Waals surface area contributed by atoms with Gasteiger partial charge in [0.25, 0.3) is 0 Å². The van der Waals surface area contributed by atoms with Gasteiger partial charge in [0, 0.05) is 16.7 Å². The van der Waals surface area contributed by atoms with Crippen molar-refractivity contribution < 1.29 is 0 Å². The molecule has 18 heavy (non-hydrogen) atoms. The lowest BCUT2D eigenvalue weighted by atomic mass is 10.1. The molecule has 4 heteroatoms. The van der Waals surface area contributed by atoms with Crippen LogP contribution in [0.5, 0.6) is 0 Å². The fourth-order valence-corrected chi connectivity index (χ4v) is 2.49. The highest BCUT2D eigenvalue weighted by Gasteiger charge is 2.30. The molecule has 1 fully saturated rings. The van der Waals surface area contributed by atoms with Gasteiger partial charge in [-0.1, -0.05) is 23.7 Å². The van der Waals surface area contributed by atoms with Crippen LogP contribution < -0.4 is 5.73 Å². The van der Waals surface area contributed by atoms with Crippen LogP contribution in [0.25, 0.3) is 11.3 Å². The summed E-state index contributed by atoms with van der Waals surface area (Å²) < 4.78 is 1.94. The number of benzene rings is 1. The zero-order chi connectivity index (χ0) is 12.7. The van der Waals surface area contributed by atoms with Crippen molar-refractivity contribution in [2.75, 3.05) is 5.73 Å². The Labute approximate surface area is 112 Å². The van der Waals surface area contributed by atoms with Crippen molar-refractivity contribution in [3.8, 4) is 11.3 Å². The van der Waals surface area contributed by atoms with Crippen LogP contribution in [0, 0.1) is 5.92 Å². The Bertz CT molecular complexity index is 572. The average molecular weight is 262 g/mol. The van der Waals surface area contributed by atoms with Gasteiger partial charge < -0.3 is 5.73 Å². The second-order valence-electron chi connectivity index (χ2n) is 4.99. The van der Waals surface area contributed by atoms with Crippen molar-refractivity contribution in [3.05, 3.63) is 35.4 Å². The SMILES string of the molecule is CC(C1CC1)n1nc(-c2cccc(Cl)c2)cc1N. The Morgan fingerprint density at radius 2 is 2.17 bits per heavy atom. The Kier molecular flexibility index (Phi) is 2.78. The summed E-state index contributed by atoms with van der Waals surface area (Å²) in [6.07, 6.45) is 2.57. The molecule has 3 rings (SSSR count). The molecule has 2 aromatic rings. The Morgan fingerprint density at radius 3 is 2.83 bits per heavy atom. The molecule has 1 aromatic carbocycles. The molecule has 1 saturated carbocycles. The van der Waals surface area contributed by atoms with E-state index in [2.05, 4.69) is 12.0 Å². The van der Waals surface area contributed by atoms with E-state index in [4.69, 9.17) is 17.3 Å². The Balaban J connectivity index is 1.96. The highest BCUT2D eigenvalue weighted by atomic mass is 35.5. The second-order valence-corrected chi connectivity index (χ2v) is 5.42. The van der Waals surface area contributed by atoms with Crippen molar-refractivity contribution >= 4 is 17.4 Å². The van der Waals surface area contributed by atoms with Gasteiger partial charge >= 0.3 is 0 Å². The maximum Gasteiger partial charge on any atom is 0.122 e. The average Bonchev–Trinajstić information content (AvgIpc) is 3.12. The molecular weight excluding hydrogens is 246 g/mol. The van der Waals surface area contributed by atoms with Gasteiger partial charge in [-0.15, -0.1) is 0 Å². The summed E-state index contributed by atoms with van der Waals surface area (Å²) in [6, 6.07) is 10.0. The van der Waals surface area contributed by atoms with Gasteiger partial charge in [-0.2, -0.15) is 5.10 Å². The molecule has 1 unspecified atom stereocenters. The highest BCUT2D eigenvalue weighted by molar-refractivity contribution is 6.30. The second kappa shape index (κ2) is 4.32. The number of nitrogens with zero attached hydrogens (tertiary/aromatic N) is 2. The topological polar surface area (TPSA) is 43.8 Å². The first-order chi connectivity index (χ1) is 8.65. The molecule has 94 valence electrons. The smallest absolute Gasteiger partial charge is 0.122 e. The quantitative estimate of drug-likeness (QED) is 0.914. The predicted octanol–water partition coefficient (Wildman–Crippen LogP) is 3.76. The van der Waals surface area contributed by atoms with Crippen molar-refractivity contribution in [1.29, 1.82) is 0 Å². The molecule has 1 aliphatic rings. The third kappa shape index (κ3) is 2.10. The van der Waals surface area contributed by atoms with Crippen LogP contribution in [0.3, 0.4) is 0 Å². The Hall–Kier alpha value is -1.48. The number of halogens is 1. The van der Waals surface area contributed by atoms with Crippen LogP contribution in [0.2, 0.25) is 5.02 Å². The van der Waals surface area contributed by atoms with E-state index in [1.807, 2.05) is 35.0 Å². The van der Waals surface area contributed by atoms with Gasteiger partial charge in [0.1, 0.15) is 5.82 Å². The lowest BCUT2D eigenvalue weighted by Gasteiger charge is -2.12. The van der Waals surface area contributed by atoms with Crippen LogP contribution >= 0.6 is 11.6 Å². The van der Waals surface area contributed by atoms with E-state index in [1.54, 1.807) is 0 Å². The van der Waals surface area contributed by atoms with E-state index in [1.165, 1.54) is 12.8 Å². The van der Waals surface area contributed by atoms with Crippen molar-refractivity contribution in [3.63, 3.8) is 0 Å². The molecule has 1 aromatic heterocycles. The van der Waals surface area contributed by atoms with Crippen molar-refractivity contribution in [2.24, 2.45) is 5.92 Å². The minimum absolute atomic E-state index is 0.387. The van der Waals surface area contributed by atoms with Gasteiger partial charge in [0.05, 0.1) is 11.7 Å². The summed E-state index contributed by atoms with van der Waals surface area (Å²) in [5.74, 6) is 1.46. The molecule has 0 spiro atoms. The number of hydrogen-bond donors (Lipinski definition) is 1. The molecule has 0 amide bonds. The first-order valence-corrected chi connectivity index (χ1v) is 6.64. The van der Waals surface area contributed by atoms with Crippen LogP contribution in [-0.2, 0) is 0 Å². The number of rotatable bonds is 3.